The zero-order chi connectivity index (χ0) is 11.2. The molecule has 1 aromatic heterocycles. The second-order valence-corrected chi connectivity index (χ2v) is 3.53. The van der Waals surface area contributed by atoms with Crippen molar-refractivity contribution in [2.24, 2.45) is 5.16 Å². The second-order valence-electron chi connectivity index (χ2n) is 3.53. The first kappa shape index (κ1) is 10.4. The van der Waals surface area contributed by atoms with E-state index in [-0.39, 0.29) is 0 Å². The molecule has 4 nitrogen and oxygen atoms in total. The molecular weight excluding hydrogens is 202 g/mol. The van der Waals surface area contributed by atoms with E-state index in [2.05, 4.69) is 10.3 Å². The predicted octanol–water partition coefficient (Wildman–Crippen LogP) is 1.96. The second kappa shape index (κ2) is 5.11. The van der Waals surface area contributed by atoms with E-state index in [0.29, 0.717) is 18.7 Å². The van der Waals surface area contributed by atoms with Gasteiger partial charge in [0, 0.05) is 18.8 Å². The highest BCUT2D eigenvalue weighted by molar-refractivity contribution is 5.85. The average molecular weight is 215 g/mol. The van der Waals surface area contributed by atoms with Gasteiger partial charge in [-0.2, -0.15) is 5.10 Å². The normalized spacial score (nSPS) is 11.6. The van der Waals surface area contributed by atoms with E-state index < -0.39 is 0 Å². The molecule has 2 aromatic rings. The molecule has 82 valence electrons. The maximum atomic E-state index is 8.93. The summed E-state index contributed by atoms with van der Waals surface area (Å²) in [5, 5.41) is 16.3. The van der Waals surface area contributed by atoms with Crippen LogP contribution in [-0.2, 0) is 13.0 Å². The van der Waals surface area contributed by atoms with Gasteiger partial charge in [0.2, 0.25) is 0 Å². The Bertz CT molecular complexity index is 448. The molecule has 0 unspecified atom stereocenters. The summed E-state index contributed by atoms with van der Waals surface area (Å²) in [5.74, 6) is 0. The first-order chi connectivity index (χ1) is 7.88. The lowest BCUT2D eigenvalue weighted by molar-refractivity contribution is 0.315. The van der Waals surface area contributed by atoms with E-state index >= 15 is 0 Å². The van der Waals surface area contributed by atoms with Crippen LogP contribution in [0.3, 0.4) is 0 Å². The highest BCUT2D eigenvalue weighted by atomic mass is 16.4. The smallest absolute Gasteiger partial charge is 0.0828 e. The number of aromatic nitrogens is 2. The van der Waals surface area contributed by atoms with E-state index in [4.69, 9.17) is 5.21 Å². The Morgan fingerprint density at radius 3 is 2.69 bits per heavy atom. The number of benzene rings is 1. The first-order valence-electron chi connectivity index (χ1n) is 5.09. The van der Waals surface area contributed by atoms with Gasteiger partial charge in [-0.1, -0.05) is 35.5 Å². The van der Waals surface area contributed by atoms with Crippen molar-refractivity contribution in [3.63, 3.8) is 0 Å². The van der Waals surface area contributed by atoms with Crippen molar-refractivity contribution in [3.05, 3.63) is 54.4 Å². The Kier molecular flexibility index (Phi) is 3.33. The van der Waals surface area contributed by atoms with Crippen molar-refractivity contribution < 1.29 is 5.21 Å². The molecule has 0 radical (unpaired) electrons. The highest BCUT2D eigenvalue weighted by Crippen LogP contribution is 2.02. The number of hydrogen-bond acceptors (Lipinski definition) is 3. The van der Waals surface area contributed by atoms with Crippen LogP contribution in [0.4, 0.5) is 0 Å². The Balaban J connectivity index is 2.02. The maximum Gasteiger partial charge on any atom is 0.0828 e. The Morgan fingerprint density at radius 1 is 1.25 bits per heavy atom. The van der Waals surface area contributed by atoms with Crippen molar-refractivity contribution in [3.8, 4) is 0 Å². The summed E-state index contributed by atoms with van der Waals surface area (Å²) in [6.07, 6.45) is 4.19. The summed E-state index contributed by atoms with van der Waals surface area (Å²) < 4.78 is 1.73. The lowest BCUT2D eigenvalue weighted by Gasteiger charge is -2.04. The van der Waals surface area contributed by atoms with Crippen LogP contribution in [-0.4, -0.2) is 20.7 Å². The van der Waals surface area contributed by atoms with Gasteiger partial charge in [0.15, 0.2) is 0 Å². The maximum absolute atomic E-state index is 8.93. The van der Waals surface area contributed by atoms with Gasteiger partial charge in [0.05, 0.1) is 12.3 Å². The summed E-state index contributed by atoms with van der Waals surface area (Å²) in [6, 6.07) is 11.8. The van der Waals surface area contributed by atoms with Crippen LogP contribution < -0.4 is 0 Å². The van der Waals surface area contributed by atoms with Crippen molar-refractivity contribution in [1.82, 2.24) is 9.78 Å². The van der Waals surface area contributed by atoms with E-state index in [1.165, 1.54) is 0 Å². The van der Waals surface area contributed by atoms with Crippen LogP contribution in [0, 0.1) is 0 Å². The number of rotatable bonds is 4. The van der Waals surface area contributed by atoms with Gasteiger partial charge in [-0.05, 0) is 11.6 Å². The third-order valence-electron chi connectivity index (χ3n) is 2.30. The van der Waals surface area contributed by atoms with Gasteiger partial charge in [-0.15, -0.1) is 0 Å². The minimum Gasteiger partial charge on any atom is -0.411 e. The molecule has 0 aliphatic rings. The van der Waals surface area contributed by atoms with Gasteiger partial charge in [-0.3, -0.25) is 4.68 Å². The minimum atomic E-state index is 0.512. The molecule has 1 N–H and O–H groups in total. The molecule has 0 aliphatic carbocycles. The molecule has 0 saturated carbocycles. The van der Waals surface area contributed by atoms with E-state index in [1.54, 1.807) is 10.9 Å². The third kappa shape index (κ3) is 2.70. The molecule has 0 bridgehead atoms. The molecule has 0 spiro atoms. The number of oxime groups is 1. The van der Waals surface area contributed by atoms with Crippen LogP contribution in [0.2, 0.25) is 0 Å². The van der Waals surface area contributed by atoms with Gasteiger partial charge in [-0.25, -0.2) is 0 Å². The molecular formula is C12H13N3O. The van der Waals surface area contributed by atoms with Crippen LogP contribution >= 0.6 is 0 Å². The summed E-state index contributed by atoms with van der Waals surface area (Å²) in [5.41, 5.74) is 1.82. The summed E-state index contributed by atoms with van der Waals surface area (Å²) in [6.45, 7) is 0.512. The van der Waals surface area contributed by atoms with Crippen molar-refractivity contribution in [1.29, 1.82) is 0 Å². The molecule has 2 rings (SSSR count). The minimum absolute atomic E-state index is 0.512. The standard InChI is InChI=1S/C12H13N3O/c16-14-12(10-15-8-4-7-13-15)9-11-5-2-1-3-6-11/h1-8,16H,9-10H2/b14-12+. The molecule has 1 heterocycles. The predicted molar refractivity (Wildman–Crippen MR) is 61.6 cm³/mol. The average Bonchev–Trinajstić information content (AvgIpc) is 2.82. The topological polar surface area (TPSA) is 50.4 Å². The van der Waals surface area contributed by atoms with Crippen LogP contribution in [0.1, 0.15) is 5.56 Å². The van der Waals surface area contributed by atoms with Crippen LogP contribution in [0.15, 0.2) is 53.9 Å². The van der Waals surface area contributed by atoms with Crippen molar-refractivity contribution in [2.75, 3.05) is 0 Å². The fourth-order valence-corrected chi connectivity index (χ4v) is 1.54. The fraction of sp³-hybridized carbons (Fsp3) is 0.167. The zero-order valence-corrected chi connectivity index (χ0v) is 8.82. The number of hydrogen-bond donors (Lipinski definition) is 1. The largest absolute Gasteiger partial charge is 0.411 e. The number of nitrogens with zero attached hydrogens (tertiary/aromatic N) is 3. The monoisotopic (exact) mass is 215 g/mol. The van der Waals surface area contributed by atoms with Gasteiger partial charge in [0.1, 0.15) is 0 Å². The Labute approximate surface area is 93.8 Å². The molecule has 0 atom stereocenters. The quantitative estimate of drug-likeness (QED) is 0.481. The first-order valence-corrected chi connectivity index (χ1v) is 5.09. The van der Waals surface area contributed by atoms with E-state index in [0.717, 1.165) is 5.56 Å². The van der Waals surface area contributed by atoms with Crippen molar-refractivity contribution in [2.45, 2.75) is 13.0 Å². The van der Waals surface area contributed by atoms with E-state index in [1.807, 2.05) is 42.6 Å². The lowest BCUT2D eigenvalue weighted by atomic mass is 10.1. The lowest BCUT2D eigenvalue weighted by Crippen LogP contribution is -2.13. The SMILES string of the molecule is O/N=C(\Cc1ccccc1)Cn1cccn1. The van der Waals surface area contributed by atoms with Crippen molar-refractivity contribution >= 4 is 5.71 Å². The van der Waals surface area contributed by atoms with E-state index in [9.17, 15) is 0 Å². The van der Waals surface area contributed by atoms with Crippen LogP contribution in [0.5, 0.6) is 0 Å². The molecule has 0 amide bonds. The fourth-order valence-electron chi connectivity index (χ4n) is 1.54. The zero-order valence-electron chi connectivity index (χ0n) is 8.82. The van der Waals surface area contributed by atoms with Crippen LogP contribution in [0.25, 0.3) is 0 Å². The summed E-state index contributed by atoms with van der Waals surface area (Å²) >= 11 is 0. The third-order valence-corrected chi connectivity index (χ3v) is 2.30. The molecule has 16 heavy (non-hydrogen) atoms. The molecule has 0 saturated heterocycles. The highest BCUT2D eigenvalue weighted by Gasteiger charge is 2.03. The Morgan fingerprint density at radius 2 is 2.06 bits per heavy atom. The molecule has 0 aliphatic heterocycles. The molecule has 0 fully saturated rings. The summed E-state index contributed by atoms with van der Waals surface area (Å²) in [4.78, 5) is 0. The molecule has 4 heteroatoms. The van der Waals surface area contributed by atoms with Gasteiger partial charge in [0.25, 0.3) is 0 Å². The Hall–Kier alpha value is -2.10. The van der Waals surface area contributed by atoms with Gasteiger partial charge < -0.3 is 5.21 Å². The van der Waals surface area contributed by atoms with Gasteiger partial charge >= 0.3 is 0 Å². The summed E-state index contributed by atoms with van der Waals surface area (Å²) in [7, 11) is 0. The molecule has 1 aromatic carbocycles.